The summed E-state index contributed by atoms with van der Waals surface area (Å²) < 4.78 is 0. The van der Waals surface area contributed by atoms with Crippen LogP contribution in [-0.4, -0.2) is 17.4 Å². The van der Waals surface area contributed by atoms with E-state index in [1.165, 1.54) is 0 Å². The molecule has 1 aromatic heterocycles. The van der Waals surface area contributed by atoms with Gasteiger partial charge in [-0.3, -0.25) is 4.79 Å². The zero-order valence-corrected chi connectivity index (χ0v) is 9.66. The molecular weight excluding hydrogens is 224 g/mol. The Morgan fingerprint density at radius 1 is 1.62 bits per heavy atom. The molecule has 1 aliphatic heterocycles. The zero-order valence-electron chi connectivity index (χ0n) is 8.90. The highest BCUT2D eigenvalue weighted by atomic mass is 35.5. The number of aromatic nitrogens is 1. The van der Waals surface area contributed by atoms with E-state index in [0.29, 0.717) is 18.1 Å². The summed E-state index contributed by atoms with van der Waals surface area (Å²) in [5.74, 6) is 2.67. The van der Waals surface area contributed by atoms with Crippen molar-refractivity contribution < 1.29 is 4.79 Å². The molecule has 1 amide bonds. The lowest BCUT2D eigenvalue weighted by Gasteiger charge is -2.17. The third-order valence-corrected chi connectivity index (χ3v) is 2.89. The van der Waals surface area contributed by atoms with Gasteiger partial charge in [0.2, 0.25) is 5.91 Å². The van der Waals surface area contributed by atoms with E-state index >= 15 is 0 Å². The number of hydrogen-bond acceptors (Lipinski definition) is 2. The number of amides is 1. The Bertz CT molecular complexity index is 478. The van der Waals surface area contributed by atoms with Gasteiger partial charge in [0.25, 0.3) is 0 Å². The fraction of sp³-hybridized carbons (Fsp3) is 0.333. The first-order chi connectivity index (χ1) is 7.61. The molecule has 16 heavy (non-hydrogen) atoms. The molecule has 2 heterocycles. The molecule has 1 aliphatic rings. The quantitative estimate of drug-likeness (QED) is 0.550. The van der Waals surface area contributed by atoms with E-state index in [2.05, 4.69) is 10.9 Å². The molecule has 4 heteroatoms. The molecule has 82 valence electrons. The zero-order chi connectivity index (χ0) is 11.7. The van der Waals surface area contributed by atoms with Crippen LogP contribution in [0.2, 0.25) is 5.15 Å². The lowest BCUT2D eigenvalue weighted by Crippen LogP contribution is -2.25. The number of aryl methyl sites for hydroxylation is 1. The molecule has 0 radical (unpaired) electrons. The van der Waals surface area contributed by atoms with Gasteiger partial charge in [-0.1, -0.05) is 11.6 Å². The third-order valence-electron chi connectivity index (χ3n) is 2.68. The standard InChI is InChI=1S/C12H11ClN2O/c1-3-9-6-12(16)15(7-9)10-4-5-11(13)14-8(10)2/h1,4-5,9H,6-7H2,2H3. The van der Waals surface area contributed by atoms with Gasteiger partial charge < -0.3 is 4.90 Å². The van der Waals surface area contributed by atoms with Crippen LogP contribution in [-0.2, 0) is 4.79 Å². The largest absolute Gasteiger partial charge is 0.309 e. The summed E-state index contributed by atoms with van der Waals surface area (Å²) in [6.45, 7) is 2.40. The molecule has 0 aliphatic carbocycles. The van der Waals surface area contributed by atoms with E-state index in [0.717, 1.165) is 11.4 Å². The minimum absolute atomic E-state index is 0.00239. The van der Waals surface area contributed by atoms with E-state index in [-0.39, 0.29) is 11.8 Å². The van der Waals surface area contributed by atoms with E-state index < -0.39 is 0 Å². The molecule has 3 nitrogen and oxygen atoms in total. The second-order valence-corrected chi connectivity index (χ2v) is 4.20. The van der Waals surface area contributed by atoms with Crippen molar-refractivity contribution in [3.8, 4) is 12.3 Å². The number of carbonyl (C=O) groups is 1. The molecule has 1 fully saturated rings. The molecule has 0 spiro atoms. The van der Waals surface area contributed by atoms with Crippen molar-refractivity contribution in [3.05, 3.63) is 23.0 Å². The van der Waals surface area contributed by atoms with Crippen molar-refractivity contribution in [2.45, 2.75) is 13.3 Å². The maximum atomic E-state index is 11.8. The molecular formula is C12H11ClN2O. The summed E-state index contributed by atoms with van der Waals surface area (Å²) in [4.78, 5) is 17.6. The fourth-order valence-electron chi connectivity index (χ4n) is 1.86. The number of carbonyl (C=O) groups excluding carboxylic acids is 1. The average Bonchev–Trinajstić information content (AvgIpc) is 2.60. The fourth-order valence-corrected chi connectivity index (χ4v) is 2.05. The van der Waals surface area contributed by atoms with E-state index in [9.17, 15) is 4.79 Å². The van der Waals surface area contributed by atoms with Gasteiger partial charge in [-0.25, -0.2) is 4.98 Å². The lowest BCUT2D eigenvalue weighted by molar-refractivity contribution is -0.117. The van der Waals surface area contributed by atoms with E-state index in [4.69, 9.17) is 18.0 Å². The summed E-state index contributed by atoms with van der Waals surface area (Å²) in [5.41, 5.74) is 1.55. The molecule has 1 atom stereocenters. The van der Waals surface area contributed by atoms with Gasteiger partial charge in [-0.15, -0.1) is 12.3 Å². The smallest absolute Gasteiger partial charge is 0.228 e. The maximum absolute atomic E-state index is 11.8. The summed E-state index contributed by atoms with van der Waals surface area (Å²) >= 11 is 5.77. The predicted molar refractivity (Wildman–Crippen MR) is 63.3 cm³/mol. The molecule has 1 saturated heterocycles. The van der Waals surface area contributed by atoms with Gasteiger partial charge in [0.1, 0.15) is 5.15 Å². The van der Waals surface area contributed by atoms with E-state index in [1.54, 1.807) is 11.0 Å². The molecule has 0 aromatic carbocycles. The van der Waals surface area contributed by atoms with Crippen molar-refractivity contribution in [2.24, 2.45) is 5.92 Å². The first-order valence-electron chi connectivity index (χ1n) is 5.01. The predicted octanol–water partition coefficient (Wildman–Crippen LogP) is 2.03. The maximum Gasteiger partial charge on any atom is 0.228 e. The highest BCUT2D eigenvalue weighted by molar-refractivity contribution is 6.29. The van der Waals surface area contributed by atoms with Crippen molar-refractivity contribution in [3.63, 3.8) is 0 Å². The van der Waals surface area contributed by atoms with Crippen molar-refractivity contribution in [1.29, 1.82) is 0 Å². The first-order valence-corrected chi connectivity index (χ1v) is 5.39. The van der Waals surface area contributed by atoms with Crippen LogP contribution in [0.4, 0.5) is 5.69 Å². The second-order valence-electron chi connectivity index (χ2n) is 3.81. The van der Waals surface area contributed by atoms with Gasteiger partial charge in [0, 0.05) is 18.9 Å². The first kappa shape index (κ1) is 11.0. The van der Waals surface area contributed by atoms with Crippen LogP contribution in [0.5, 0.6) is 0 Å². The molecule has 0 N–H and O–H groups in total. The number of hydrogen-bond donors (Lipinski definition) is 0. The molecule has 1 unspecified atom stereocenters. The van der Waals surface area contributed by atoms with Crippen molar-refractivity contribution >= 4 is 23.2 Å². The monoisotopic (exact) mass is 234 g/mol. The number of pyridine rings is 1. The Morgan fingerprint density at radius 2 is 2.38 bits per heavy atom. The second kappa shape index (κ2) is 4.15. The van der Waals surface area contributed by atoms with E-state index in [1.807, 2.05) is 13.0 Å². The van der Waals surface area contributed by atoms with Gasteiger partial charge >= 0.3 is 0 Å². The summed E-state index contributed by atoms with van der Waals surface area (Å²) in [6.07, 6.45) is 5.75. The van der Waals surface area contributed by atoms with Crippen LogP contribution < -0.4 is 4.90 Å². The Hall–Kier alpha value is -1.53. The highest BCUT2D eigenvalue weighted by Crippen LogP contribution is 2.27. The molecule has 1 aromatic rings. The van der Waals surface area contributed by atoms with Gasteiger partial charge in [0.15, 0.2) is 0 Å². The Kier molecular flexibility index (Phi) is 2.84. The number of halogens is 1. The average molecular weight is 235 g/mol. The number of nitrogens with zero attached hydrogens (tertiary/aromatic N) is 2. The van der Waals surface area contributed by atoms with Crippen LogP contribution >= 0.6 is 11.6 Å². The number of anilines is 1. The van der Waals surface area contributed by atoms with Crippen molar-refractivity contribution in [1.82, 2.24) is 4.98 Å². The topological polar surface area (TPSA) is 33.2 Å². The summed E-state index contributed by atoms with van der Waals surface area (Å²) in [7, 11) is 0. The third kappa shape index (κ3) is 1.89. The number of terminal acetylenes is 1. The highest BCUT2D eigenvalue weighted by Gasteiger charge is 2.30. The normalized spacial score (nSPS) is 19.9. The van der Waals surface area contributed by atoms with Crippen molar-refractivity contribution in [2.75, 3.05) is 11.4 Å². The molecule has 0 bridgehead atoms. The minimum atomic E-state index is 0.00239. The lowest BCUT2D eigenvalue weighted by atomic mass is 10.1. The molecule has 2 rings (SSSR count). The number of rotatable bonds is 1. The van der Waals surface area contributed by atoms with Crippen LogP contribution in [0.3, 0.4) is 0 Å². The Balaban J connectivity index is 2.32. The van der Waals surface area contributed by atoms with Gasteiger partial charge in [0.05, 0.1) is 11.4 Å². The summed E-state index contributed by atoms with van der Waals surface area (Å²) in [5, 5.41) is 0.432. The van der Waals surface area contributed by atoms with Gasteiger partial charge in [-0.05, 0) is 19.1 Å². The summed E-state index contributed by atoms with van der Waals surface area (Å²) in [6, 6.07) is 3.49. The Labute approximate surface area is 99.4 Å². The van der Waals surface area contributed by atoms with Crippen LogP contribution in [0.15, 0.2) is 12.1 Å². The van der Waals surface area contributed by atoms with Crippen LogP contribution in [0.1, 0.15) is 12.1 Å². The van der Waals surface area contributed by atoms with Crippen LogP contribution in [0.25, 0.3) is 0 Å². The minimum Gasteiger partial charge on any atom is -0.309 e. The van der Waals surface area contributed by atoms with Crippen LogP contribution in [0, 0.1) is 25.2 Å². The molecule has 0 saturated carbocycles. The Morgan fingerprint density at radius 3 is 2.94 bits per heavy atom. The SMILES string of the molecule is C#CC1CC(=O)N(c2ccc(Cl)nc2C)C1. The van der Waals surface area contributed by atoms with Gasteiger partial charge in [-0.2, -0.15) is 0 Å².